The van der Waals surface area contributed by atoms with Gasteiger partial charge in [0.15, 0.2) is 0 Å². The predicted octanol–water partition coefficient (Wildman–Crippen LogP) is 8.31. The number of hydrogen-bond donors (Lipinski definition) is 0. The highest BCUT2D eigenvalue weighted by molar-refractivity contribution is 4.52. The summed E-state index contributed by atoms with van der Waals surface area (Å²) in [5, 5.41) is 0. The van der Waals surface area contributed by atoms with Gasteiger partial charge in [0.05, 0.1) is 0 Å². The van der Waals surface area contributed by atoms with E-state index in [0.29, 0.717) is 0 Å². The summed E-state index contributed by atoms with van der Waals surface area (Å²) in [6.07, 6.45) is 23.9. The van der Waals surface area contributed by atoms with Gasteiger partial charge in [0, 0.05) is 13.2 Å². The van der Waals surface area contributed by atoms with Gasteiger partial charge < -0.3 is 4.74 Å². The van der Waals surface area contributed by atoms with Crippen LogP contribution in [0.2, 0.25) is 0 Å². The van der Waals surface area contributed by atoms with Crippen LogP contribution in [0, 0.1) is 5.92 Å². The zero-order valence-electron chi connectivity index (χ0n) is 17.4. The van der Waals surface area contributed by atoms with Crippen LogP contribution < -0.4 is 0 Å². The van der Waals surface area contributed by atoms with E-state index in [4.69, 9.17) is 4.74 Å². The van der Waals surface area contributed by atoms with Crippen LogP contribution in [0.4, 0.5) is 0 Å². The molecule has 0 aliphatic rings. The molecule has 0 aromatic heterocycles. The summed E-state index contributed by atoms with van der Waals surface area (Å²) in [5.74, 6) is 0.943. The molecule has 0 aliphatic heterocycles. The molecule has 146 valence electrons. The molecule has 1 nitrogen and oxygen atoms in total. The van der Waals surface area contributed by atoms with Crippen LogP contribution in [0.3, 0.4) is 0 Å². The van der Waals surface area contributed by atoms with Crippen molar-refractivity contribution in [1.82, 2.24) is 0 Å². The van der Waals surface area contributed by atoms with Crippen molar-refractivity contribution in [3.05, 3.63) is 0 Å². The van der Waals surface area contributed by atoms with Crippen LogP contribution in [0.1, 0.15) is 130 Å². The van der Waals surface area contributed by atoms with Gasteiger partial charge in [0.1, 0.15) is 0 Å². The third kappa shape index (κ3) is 20.0. The Morgan fingerprint density at radius 1 is 0.542 bits per heavy atom. The van der Waals surface area contributed by atoms with Gasteiger partial charge in [-0.1, -0.05) is 117 Å². The summed E-state index contributed by atoms with van der Waals surface area (Å²) in [7, 11) is 0. The van der Waals surface area contributed by atoms with Gasteiger partial charge in [-0.2, -0.15) is 0 Å². The quantitative estimate of drug-likeness (QED) is 0.202. The molecule has 1 unspecified atom stereocenters. The van der Waals surface area contributed by atoms with Crippen LogP contribution in [0.5, 0.6) is 0 Å². The predicted molar refractivity (Wildman–Crippen MR) is 110 cm³/mol. The Hall–Kier alpha value is -0.0400. The Balaban J connectivity index is 2.98. The van der Waals surface area contributed by atoms with Crippen LogP contribution in [0.25, 0.3) is 0 Å². The molecule has 1 heteroatoms. The van der Waals surface area contributed by atoms with Gasteiger partial charge in [0.25, 0.3) is 0 Å². The van der Waals surface area contributed by atoms with Crippen molar-refractivity contribution in [2.45, 2.75) is 130 Å². The minimum absolute atomic E-state index is 0.943. The lowest BCUT2D eigenvalue weighted by Crippen LogP contribution is -1.96. The van der Waals surface area contributed by atoms with Crippen LogP contribution in [0.15, 0.2) is 0 Å². The van der Waals surface area contributed by atoms with Gasteiger partial charge in [-0.05, 0) is 18.8 Å². The molecule has 1 atom stereocenters. The maximum Gasteiger partial charge on any atom is 0.0466 e. The minimum Gasteiger partial charge on any atom is -0.381 e. The first-order valence-corrected chi connectivity index (χ1v) is 11.4. The average molecular weight is 341 g/mol. The Kier molecular flexibility index (Phi) is 21.0. The first-order chi connectivity index (χ1) is 11.8. The summed E-state index contributed by atoms with van der Waals surface area (Å²) >= 11 is 0. The van der Waals surface area contributed by atoms with E-state index < -0.39 is 0 Å². The number of hydrogen-bond acceptors (Lipinski definition) is 1. The molecule has 0 radical (unpaired) electrons. The van der Waals surface area contributed by atoms with Crippen molar-refractivity contribution >= 4 is 0 Å². The fraction of sp³-hybridized carbons (Fsp3) is 1.00. The molecule has 0 saturated heterocycles. The van der Waals surface area contributed by atoms with E-state index in [0.717, 1.165) is 19.1 Å². The molecular weight excluding hydrogens is 292 g/mol. The molecule has 0 amide bonds. The zero-order valence-corrected chi connectivity index (χ0v) is 17.4. The second kappa shape index (κ2) is 21.0. The maximum absolute atomic E-state index is 5.60. The van der Waals surface area contributed by atoms with Gasteiger partial charge in [0.2, 0.25) is 0 Å². The van der Waals surface area contributed by atoms with Crippen molar-refractivity contribution in [1.29, 1.82) is 0 Å². The lowest BCUT2D eigenvalue weighted by atomic mass is 9.99. The van der Waals surface area contributed by atoms with Crippen molar-refractivity contribution in [3.63, 3.8) is 0 Å². The normalized spacial score (nSPS) is 12.6. The number of rotatable bonds is 20. The van der Waals surface area contributed by atoms with Crippen molar-refractivity contribution < 1.29 is 4.74 Å². The van der Waals surface area contributed by atoms with Gasteiger partial charge >= 0.3 is 0 Å². The molecule has 0 aromatic rings. The molecule has 24 heavy (non-hydrogen) atoms. The summed E-state index contributed by atoms with van der Waals surface area (Å²) in [6.45, 7) is 8.87. The first-order valence-electron chi connectivity index (χ1n) is 11.4. The molecule has 0 saturated carbocycles. The first kappa shape index (κ1) is 24.0. The van der Waals surface area contributed by atoms with Crippen LogP contribution in [-0.2, 0) is 4.74 Å². The van der Waals surface area contributed by atoms with E-state index in [-0.39, 0.29) is 0 Å². The molecule has 0 spiro atoms. The zero-order chi connectivity index (χ0) is 17.7. The fourth-order valence-electron chi connectivity index (χ4n) is 3.19. The molecule has 0 fully saturated rings. The summed E-state index contributed by atoms with van der Waals surface area (Å²) in [5.41, 5.74) is 0. The van der Waals surface area contributed by atoms with E-state index >= 15 is 0 Å². The highest BCUT2D eigenvalue weighted by atomic mass is 16.5. The number of unbranched alkanes of at least 4 members (excludes halogenated alkanes) is 13. The van der Waals surface area contributed by atoms with Crippen molar-refractivity contribution in [2.24, 2.45) is 5.92 Å². The Bertz CT molecular complexity index is 214. The lowest BCUT2D eigenvalue weighted by Gasteiger charge is -2.07. The molecule has 0 heterocycles. The van der Waals surface area contributed by atoms with E-state index in [2.05, 4.69) is 20.8 Å². The van der Waals surface area contributed by atoms with Crippen molar-refractivity contribution in [2.75, 3.05) is 13.2 Å². The molecular formula is C23H48O. The van der Waals surface area contributed by atoms with Gasteiger partial charge in [-0.25, -0.2) is 0 Å². The maximum atomic E-state index is 5.60. The SMILES string of the molecule is CCCCOCCCCCCCCCCCCCCCC(C)CC. The van der Waals surface area contributed by atoms with E-state index in [9.17, 15) is 0 Å². The third-order valence-corrected chi connectivity index (χ3v) is 5.32. The molecule has 0 aliphatic carbocycles. The largest absolute Gasteiger partial charge is 0.381 e. The second-order valence-electron chi connectivity index (χ2n) is 7.86. The minimum atomic E-state index is 0.943. The van der Waals surface area contributed by atoms with E-state index in [1.54, 1.807) is 0 Å². The standard InChI is InChI=1S/C23H48O/c1-4-6-21-24-22-19-17-15-13-11-9-7-8-10-12-14-16-18-20-23(3)5-2/h23H,4-22H2,1-3H3. The number of ether oxygens (including phenoxy) is 1. The van der Waals surface area contributed by atoms with Crippen LogP contribution >= 0.6 is 0 Å². The molecule has 0 rings (SSSR count). The molecule has 0 bridgehead atoms. The summed E-state index contributed by atoms with van der Waals surface area (Å²) in [4.78, 5) is 0. The fourth-order valence-corrected chi connectivity index (χ4v) is 3.19. The highest BCUT2D eigenvalue weighted by Gasteiger charge is 1.98. The van der Waals surface area contributed by atoms with Crippen LogP contribution in [-0.4, -0.2) is 13.2 Å². The summed E-state index contributed by atoms with van der Waals surface area (Å²) in [6, 6.07) is 0. The summed E-state index contributed by atoms with van der Waals surface area (Å²) < 4.78 is 5.60. The third-order valence-electron chi connectivity index (χ3n) is 5.32. The Labute approximate surface area is 154 Å². The Morgan fingerprint density at radius 3 is 1.42 bits per heavy atom. The average Bonchev–Trinajstić information content (AvgIpc) is 2.60. The van der Waals surface area contributed by atoms with E-state index in [1.165, 1.54) is 109 Å². The smallest absolute Gasteiger partial charge is 0.0466 e. The monoisotopic (exact) mass is 340 g/mol. The van der Waals surface area contributed by atoms with Gasteiger partial charge in [-0.3, -0.25) is 0 Å². The van der Waals surface area contributed by atoms with Crippen molar-refractivity contribution in [3.8, 4) is 0 Å². The van der Waals surface area contributed by atoms with E-state index in [1.807, 2.05) is 0 Å². The Morgan fingerprint density at radius 2 is 0.958 bits per heavy atom. The lowest BCUT2D eigenvalue weighted by molar-refractivity contribution is 0.127. The molecule has 0 aromatic carbocycles. The highest BCUT2D eigenvalue weighted by Crippen LogP contribution is 2.15. The topological polar surface area (TPSA) is 9.23 Å². The second-order valence-corrected chi connectivity index (χ2v) is 7.86. The molecule has 0 N–H and O–H groups in total. The van der Waals surface area contributed by atoms with Gasteiger partial charge in [-0.15, -0.1) is 0 Å².